The molecule has 0 radical (unpaired) electrons. The number of nitrogens with zero attached hydrogens (tertiary/aromatic N) is 1. The molecule has 0 saturated carbocycles. The predicted molar refractivity (Wildman–Crippen MR) is 53.3 cm³/mol. The lowest BCUT2D eigenvalue weighted by Gasteiger charge is -2.02. The maximum absolute atomic E-state index is 11.2. The molecule has 0 aliphatic carbocycles. The van der Waals surface area contributed by atoms with Crippen LogP contribution in [0.15, 0.2) is 12.4 Å². The number of carbonyl (C=O) groups is 1. The molecule has 1 rings (SSSR count). The van der Waals surface area contributed by atoms with Gasteiger partial charge in [0.2, 0.25) is 5.91 Å². The molecular formula is C9H16N4O. The molecule has 5 heteroatoms. The van der Waals surface area contributed by atoms with Gasteiger partial charge in [-0.1, -0.05) is 0 Å². The lowest BCUT2D eigenvalue weighted by Crippen LogP contribution is -2.22. The summed E-state index contributed by atoms with van der Waals surface area (Å²) in [5.74, 6) is 0.0691. The number of H-pyrrole nitrogens is 1. The molecule has 1 aromatic rings. The average Bonchev–Trinajstić information content (AvgIpc) is 2.68. The second-order valence-electron chi connectivity index (χ2n) is 3.13. The van der Waals surface area contributed by atoms with Gasteiger partial charge in [0.25, 0.3) is 0 Å². The Kier molecular flexibility index (Phi) is 4.71. The molecule has 14 heavy (non-hydrogen) atoms. The summed E-state index contributed by atoms with van der Waals surface area (Å²) in [6, 6.07) is 0. The van der Waals surface area contributed by atoms with Crippen molar-refractivity contribution in [2.45, 2.75) is 25.8 Å². The molecule has 0 unspecified atom stereocenters. The number of nitrogens with one attached hydrogen (secondary N) is 2. The smallest absolute Gasteiger partial charge is 0.220 e. The summed E-state index contributed by atoms with van der Waals surface area (Å²) in [7, 11) is 0. The van der Waals surface area contributed by atoms with E-state index in [1.165, 1.54) is 0 Å². The zero-order valence-corrected chi connectivity index (χ0v) is 8.12. The third-order valence-electron chi connectivity index (χ3n) is 1.90. The fourth-order valence-electron chi connectivity index (χ4n) is 1.09. The Morgan fingerprint density at radius 1 is 1.57 bits per heavy atom. The maximum Gasteiger partial charge on any atom is 0.220 e. The quantitative estimate of drug-likeness (QED) is 0.566. The van der Waals surface area contributed by atoms with Crippen molar-refractivity contribution in [2.75, 3.05) is 6.54 Å². The number of amides is 1. The van der Waals surface area contributed by atoms with E-state index in [1.54, 1.807) is 12.4 Å². The van der Waals surface area contributed by atoms with Crippen molar-refractivity contribution in [3.63, 3.8) is 0 Å². The van der Waals surface area contributed by atoms with Gasteiger partial charge < -0.3 is 11.1 Å². The van der Waals surface area contributed by atoms with Gasteiger partial charge in [0.15, 0.2) is 0 Å². The Labute approximate surface area is 83.1 Å². The first-order chi connectivity index (χ1) is 6.83. The third kappa shape index (κ3) is 4.04. The number of hydrogen-bond acceptors (Lipinski definition) is 3. The molecule has 1 aromatic heterocycles. The standard InChI is InChI=1S/C9H16N4O/c10-4-2-1-3-9(14)11-5-8-6-12-13-7-8/h6-7H,1-5,10H2,(H,11,14)(H,12,13). The lowest BCUT2D eigenvalue weighted by atomic mass is 10.2. The minimum atomic E-state index is 0.0691. The Bertz CT molecular complexity index is 258. The average molecular weight is 196 g/mol. The van der Waals surface area contributed by atoms with E-state index in [2.05, 4.69) is 15.5 Å². The van der Waals surface area contributed by atoms with Gasteiger partial charge in [-0.05, 0) is 19.4 Å². The van der Waals surface area contributed by atoms with E-state index >= 15 is 0 Å². The van der Waals surface area contributed by atoms with Gasteiger partial charge in [-0.25, -0.2) is 0 Å². The first kappa shape index (κ1) is 10.7. The van der Waals surface area contributed by atoms with E-state index in [0.29, 0.717) is 19.5 Å². The number of rotatable bonds is 6. The topological polar surface area (TPSA) is 83.8 Å². The SMILES string of the molecule is NCCCCC(=O)NCc1cn[nH]c1. The van der Waals surface area contributed by atoms with Gasteiger partial charge >= 0.3 is 0 Å². The first-order valence-electron chi connectivity index (χ1n) is 4.77. The number of hydrogen-bond donors (Lipinski definition) is 3. The molecule has 0 atom stereocenters. The van der Waals surface area contributed by atoms with Crippen molar-refractivity contribution in [3.05, 3.63) is 18.0 Å². The number of carbonyl (C=O) groups excluding carboxylic acids is 1. The molecule has 1 amide bonds. The zero-order chi connectivity index (χ0) is 10.2. The Morgan fingerprint density at radius 2 is 2.43 bits per heavy atom. The van der Waals surface area contributed by atoms with E-state index in [0.717, 1.165) is 18.4 Å². The molecule has 0 aliphatic rings. The molecule has 0 aromatic carbocycles. The van der Waals surface area contributed by atoms with Gasteiger partial charge in [0, 0.05) is 24.7 Å². The molecule has 4 N–H and O–H groups in total. The lowest BCUT2D eigenvalue weighted by molar-refractivity contribution is -0.121. The molecule has 0 spiro atoms. The molecule has 0 bridgehead atoms. The Hall–Kier alpha value is -1.36. The van der Waals surface area contributed by atoms with Crippen molar-refractivity contribution in [1.29, 1.82) is 0 Å². The van der Waals surface area contributed by atoms with E-state index in [4.69, 9.17) is 5.73 Å². The van der Waals surface area contributed by atoms with Crippen LogP contribution in [-0.2, 0) is 11.3 Å². The number of nitrogens with two attached hydrogens (primary N) is 1. The van der Waals surface area contributed by atoms with Crippen LogP contribution in [0.1, 0.15) is 24.8 Å². The highest BCUT2D eigenvalue weighted by Gasteiger charge is 2.00. The normalized spacial score (nSPS) is 10.1. The second kappa shape index (κ2) is 6.15. The molecule has 0 aliphatic heterocycles. The highest BCUT2D eigenvalue weighted by Crippen LogP contribution is 1.96. The fourth-order valence-corrected chi connectivity index (χ4v) is 1.09. The van der Waals surface area contributed by atoms with Crippen LogP contribution in [0.25, 0.3) is 0 Å². The number of aromatic nitrogens is 2. The van der Waals surface area contributed by atoms with Crippen molar-refractivity contribution >= 4 is 5.91 Å². The van der Waals surface area contributed by atoms with Crippen molar-refractivity contribution < 1.29 is 4.79 Å². The summed E-state index contributed by atoms with van der Waals surface area (Å²) in [6.07, 6.45) is 5.77. The van der Waals surface area contributed by atoms with Gasteiger partial charge in [-0.3, -0.25) is 9.89 Å². The summed E-state index contributed by atoms with van der Waals surface area (Å²) in [5.41, 5.74) is 6.31. The zero-order valence-electron chi connectivity index (χ0n) is 8.12. The molecule has 0 fully saturated rings. The van der Waals surface area contributed by atoms with Gasteiger partial charge in [0.05, 0.1) is 6.20 Å². The summed E-state index contributed by atoms with van der Waals surface area (Å²) < 4.78 is 0. The maximum atomic E-state index is 11.2. The van der Waals surface area contributed by atoms with Gasteiger partial charge in [0.1, 0.15) is 0 Å². The molecule has 78 valence electrons. The summed E-state index contributed by atoms with van der Waals surface area (Å²) in [4.78, 5) is 11.2. The monoisotopic (exact) mass is 196 g/mol. The van der Waals surface area contributed by atoms with Crippen molar-refractivity contribution in [1.82, 2.24) is 15.5 Å². The van der Waals surface area contributed by atoms with Crippen LogP contribution in [0, 0.1) is 0 Å². The van der Waals surface area contributed by atoms with Crippen LogP contribution in [0.4, 0.5) is 0 Å². The summed E-state index contributed by atoms with van der Waals surface area (Å²) in [5, 5.41) is 9.27. The van der Waals surface area contributed by atoms with Gasteiger partial charge in [-0.2, -0.15) is 5.10 Å². The second-order valence-corrected chi connectivity index (χ2v) is 3.13. The predicted octanol–water partition coefficient (Wildman–Crippen LogP) is 0.155. The molecule has 5 nitrogen and oxygen atoms in total. The van der Waals surface area contributed by atoms with Gasteiger partial charge in [-0.15, -0.1) is 0 Å². The number of aromatic amines is 1. The highest BCUT2D eigenvalue weighted by atomic mass is 16.1. The van der Waals surface area contributed by atoms with E-state index in [-0.39, 0.29) is 5.91 Å². The molecule has 0 saturated heterocycles. The van der Waals surface area contributed by atoms with Crippen LogP contribution >= 0.6 is 0 Å². The van der Waals surface area contributed by atoms with E-state index in [9.17, 15) is 4.79 Å². The Balaban J connectivity index is 2.09. The van der Waals surface area contributed by atoms with Crippen LogP contribution in [0.2, 0.25) is 0 Å². The van der Waals surface area contributed by atoms with Crippen LogP contribution < -0.4 is 11.1 Å². The van der Waals surface area contributed by atoms with Crippen LogP contribution in [-0.4, -0.2) is 22.6 Å². The molecular weight excluding hydrogens is 180 g/mol. The molecule has 1 heterocycles. The minimum absolute atomic E-state index is 0.0691. The minimum Gasteiger partial charge on any atom is -0.352 e. The summed E-state index contributed by atoms with van der Waals surface area (Å²) >= 11 is 0. The first-order valence-corrected chi connectivity index (χ1v) is 4.77. The van der Waals surface area contributed by atoms with E-state index < -0.39 is 0 Å². The van der Waals surface area contributed by atoms with Crippen LogP contribution in [0.5, 0.6) is 0 Å². The fraction of sp³-hybridized carbons (Fsp3) is 0.556. The van der Waals surface area contributed by atoms with E-state index in [1.807, 2.05) is 0 Å². The number of unbranched alkanes of at least 4 members (excludes halogenated alkanes) is 1. The Morgan fingerprint density at radius 3 is 3.07 bits per heavy atom. The largest absolute Gasteiger partial charge is 0.352 e. The van der Waals surface area contributed by atoms with Crippen molar-refractivity contribution in [2.24, 2.45) is 5.73 Å². The third-order valence-corrected chi connectivity index (χ3v) is 1.90. The van der Waals surface area contributed by atoms with Crippen molar-refractivity contribution in [3.8, 4) is 0 Å². The highest BCUT2D eigenvalue weighted by molar-refractivity contribution is 5.75. The summed E-state index contributed by atoms with van der Waals surface area (Å²) in [6.45, 7) is 1.19. The van der Waals surface area contributed by atoms with Crippen LogP contribution in [0.3, 0.4) is 0 Å².